The molecule has 1 fully saturated rings. The number of halogens is 2. The number of amides is 1. The molecule has 9 heteroatoms. The minimum absolute atomic E-state index is 0.0498. The van der Waals surface area contributed by atoms with Crippen molar-refractivity contribution in [2.45, 2.75) is 37.8 Å². The SMILES string of the molecule is Cn1cnc2c(NC3CCC(NC(=O)c4ccc(F)c(Cl)c4)CC3)ncnc21. The molecule has 1 amide bonds. The molecule has 2 aromatic heterocycles. The average Bonchev–Trinajstić information content (AvgIpc) is 3.07. The molecule has 1 saturated carbocycles. The first-order chi connectivity index (χ1) is 13.5. The third kappa shape index (κ3) is 3.77. The van der Waals surface area contributed by atoms with Crippen LogP contribution in [0, 0.1) is 5.82 Å². The second-order valence-electron chi connectivity index (χ2n) is 7.05. The predicted octanol–water partition coefficient (Wildman–Crippen LogP) is 3.31. The molecule has 0 aliphatic heterocycles. The van der Waals surface area contributed by atoms with E-state index >= 15 is 0 Å². The summed E-state index contributed by atoms with van der Waals surface area (Å²) >= 11 is 5.76. The minimum atomic E-state index is -0.531. The van der Waals surface area contributed by atoms with E-state index in [9.17, 15) is 9.18 Å². The van der Waals surface area contributed by atoms with E-state index in [4.69, 9.17) is 11.6 Å². The third-order valence-corrected chi connectivity index (χ3v) is 5.37. The van der Waals surface area contributed by atoms with Gasteiger partial charge in [0, 0.05) is 24.7 Å². The number of carbonyl (C=O) groups is 1. The number of benzene rings is 1. The van der Waals surface area contributed by atoms with Gasteiger partial charge >= 0.3 is 0 Å². The molecule has 1 aromatic carbocycles. The Morgan fingerprint density at radius 3 is 2.68 bits per heavy atom. The Hall–Kier alpha value is -2.74. The van der Waals surface area contributed by atoms with E-state index in [0.717, 1.165) is 42.7 Å². The second kappa shape index (κ2) is 7.71. The van der Waals surface area contributed by atoms with Crippen molar-refractivity contribution in [2.75, 3.05) is 5.32 Å². The van der Waals surface area contributed by atoms with E-state index in [0.29, 0.717) is 5.56 Å². The van der Waals surface area contributed by atoms with E-state index in [2.05, 4.69) is 25.6 Å². The van der Waals surface area contributed by atoms with Gasteiger partial charge in [0.05, 0.1) is 11.3 Å². The number of hydrogen-bond donors (Lipinski definition) is 2. The fourth-order valence-electron chi connectivity index (χ4n) is 3.53. The number of aromatic nitrogens is 4. The van der Waals surface area contributed by atoms with Gasteiger partial charge in [0.1, 0.15) is 17.7 Å². The van der Waals surface area contributed by atoms with Crippen LogP contribution < -0.4 is 10.6 Å². The first-order valence-electron chi connectivity index (χ1n) is 9.15. The molecular formula is C19H20ClFN6O. The number of nitrogens with one attached hydrogen (secondary N) is 2. The minimum Gasteiger partial charge on any atom is -0.365 e. The van der Waals surface area contributed by atoms with Crippen LogP contribution in [-0.2, 0) is 7.05 Å². The van der Waals surface area contributed by atoms with Gasteiger partial charge in [0.15, 0.2) is 11.5 Å². The number of anilines is 1. The summed E-state index contributed by atoms with van der Waals surface area (Å²) in [6.07, 6.45) is 6.73. The summed E-state index contributed by atoms with van der Waals surface area (Å²) in [6, 6.07) is 4.34. The van der Waals surface area contributed by atoms with Gasteiger partial charge in [-0.1, -0.05) is 11.6 Å². The maximum absolute atomic E-state index is 13.3. The average molecular weight is 403 g/mol. The van der Waals surface area contributed by atoms with Gasteiger partial charge in [-0.3, -0.25) is 4.79 Å². The van der Waals surface area contributed by atoms with Crippen LogP contribution in [0.4, 0.5) is 10.2 Å². The Bertz CT molecular complexity index is 1010. The van der Waals surface area contributed by atoms with E-state index in [1.54, 1.807) is 6.33 Å². The summed E-state index contributed by atoms with van der Waals surface area (Å²) in [4.78, 5) is 25.3. The molecule has 0 saturated heterocycles. The first-order valence-corrected chi connectivity index (χ1v) is 9.53. The number of carbonyl (C=O) groups excluding carboxylic acids is 1. The molecule has 146 valence electrons. The molecule has 1 aliphatic rings. The van der Waals surface area contributed by atoms with Crippen molar-refractivity contribution in [3.05, 3.63) is 47.3 Å². The van der Waals surface area contributed by atoms with Crippen LogP contribution >= 0.6 is 11.6 Å². The molecule has 0 bridgehead atoms. The van der Waals surface area contributed by atoms with E-state index in [1.807, 2.05) is 11.6 Å². The molecule has 4 rings (SSSR count). The lowest BCUT2D eigenvalue weighted by Gasteiger charge is -2.30. The van der Waals surface area contributed by atoms with Gasteiger partial charge in [-0.2, -0.15) is 0 Å². The quantitative estimate of drug-likeness (QED) is 0.699. The third-order valence-electron chi connectivity index (χ3n) is 5.08. The van der Waals surface area contributed by atoms with Crippen LogP contribution in [-0.4, -0.2) is 37.5 Å². The Balaban J connectivity index is 1.34. The number of hydrogen-bond acceptors (Lipinski definition) is 5. The fourth-order valence-corrected chi connectivity index (χ4v) is 3.71. The molecular weight excluding hydrogens is 383 g/mol. The van der Waals surface area contributed by atoms with Gasteiger partial charge in [-0.15, -0.1) is 0 Å². The van der Waals surface area contributed by atoms with Crippen LogP contribution in [0.1, 0.15) is 36.0 Å². The Morgan fingerprint density at radius 2 is 1.93 bits per heavy atom. The molecule has 0 radical (unpaired) electrons. The zero-order valence-electron chi connectivity index (χ0n) is 15.3. The van der Waals surface area contributed by atoms with Crippen LogP contribution in [0.25, 0.3) is 11.2 Å². The number of rotatable bonds is 4. The number of nitrogens with zero attached hydrogens (tertiary/aromatic N) is 4. The zero-order valence-corrected chi connectivity index (χ0v) is 16.1. The van der Waals surface area contributed by atoms with Gasteiger partial charge in [-0.05, 0) is 43.9 Å². The molecule has 0 atom stereocenters. The van der Waals surface area contributed by atoms with Crippen LogP contribution in [0.2, 0.25) is 5.02 Å². The second-order valence-corrected chi connectivity index (χ2v) is 7.45. The topological polar surface area (TPSA) is 84.7 Å². The Kier molecular flexibility index (Phi) is 5.13. The summed E-state index contributed by atoms with van der Waals surface area (Å²) in [5.74, 6) is -0.0279. The monoisotopic (exact) mass is 402 g/mol. The van der Waals surface area contributed by atoms with E-state index in [1.165, 1.54) is 24.5 Å². The van der Waals surface area contributed by atoms with Crippen molar-refractivity contribution in [1.29, 1.82) is 0 Å². The predicted molar refractivity (Wildman–Crippen MR) is 105 cm³/mol. The number of aryl methyl sites for hydroxylation is 1. The molecule has 2 N–H and O–H groups in total. The van der Waals surface area contributed by atoms with Crippen LogP contribution in [0.3, 0.4) is 0 Å². The first kappa shape index (κ1) is 18.6. The summed E-state index contributed by atoms with van der Waals surface area (Å²) in [5.41, 5.74) is 1.91. The smallest absolute Gasteiger partial charge is 0.251 e. The lowest BCUT2D eigenvalue weighted by Crippen LogP contribution is -2.40. The fraction of sp³-hybridized carbons (Fsp3) is 0.368. The van der Waals surface area contributed by atoms with Gasteiger partial charge in [0.2, 0.25) is 0 Å². The largest absolute Gasteiger partial charge is 0.365 e. The lowest BCUT2D eigenvalue weighted by atomic mass is 9.91. The summed E-state index contributed by atoms with van der Waals surface area (Å²) in [7, 11) is 1.90. The number of imidazole rings is 1. The highest BCUT2D eigenvalue weighted by molar-refractivity contribution is 6.31. The molecule has 7 nitrogen and oxygen atoms in total. The summed E-state index contributed by atoms with van der Waals surface area (Å²) < 4.78 is 15.1. The zero-order chi connectivity index (χ0) is 19.7. The molecule has 0 unspecified atom stereocenters. The van der Waals surface area contributed by atoms with E-state index in [-0.39, 0.29) is 23.0 Å². The highest BCUT2D eigenvalue weighted by Gasteiger charge is 2.24. The van der Waals surface area contributed by atoms with Crippen molar-refractivity contribution in [3.8, 4) is 0 Å². The number of fused-ring (bicyclic) bond motifs is 1. The van der Waals surface area contributed by atoms with Gasteiger partial charge < -0.3 is 15.2 Å². The molecule has 28 heavy (non-hydrogen) atoms. The van der Waals surface area contributed by atoms with Crippen molar-refractivity contribution in [3.63, 3.8) is 0 Å². The summed E-state index contributed by atoms with van der Waals surface area (Å²) in [6.45, 7) is 0. The maximum atomic E-state index is 13.3. The van der Waals surface area contributed by atoms with Crippen molar-refractivity contribution in [2.24, 2.45) is 7.05 Å². The van der Waals surface area contributed by atoms with Gasteiger partial charge in [0.25, 0.3) is 5.91 Å². The molecule has 3 aromatic rings. The highest BCUT2D eigenvalue weighted by atomic mass is 35.5. The van der Waals surface area contributed by atoms with Gasteiger partial charge in [-0.25, -0.2) is 19.3 Å². The summed E-state index contributed by atoms with van der Waals surface area (Å²) in [5, 5.41) is 6.42. The highest BCUT2D eigenvalue weighted by Crippen LogP contribution is 2.25. The Labute approximate surface area is 166 Å². The van der Waals surface area contributed by atoms with E-state index < -0.39 is 5.82 Å². The van der Waals surface area contributed by atoms with Crippen molar-refractivity contribution >= 4 is 34.5 Å². The Morgan fingerprint density at radius 1 is 1.18 bits per heavy atom. The molecule has 0 spiro atoms. The molecule has 2 heterocycles. The van der Waals surface area contributed by atoms with Crippen molar-refractivity contribution in [1.82, 2.24) is 24.8 Å². The standard InChI is InChI=1S/C19H20ClFN6O/c1-27-10-24-16-17(22-9-23-18(16)27)25-12-3-5-13(6-4-12)26-19(28)11-2-7-15(21)14(20)8-11/h2,7-10,12-13H,3-6H2,1H3,(H,26,28)(H,22,23,25). The van der Waals surface area contributed by atoms with Crippen LogP contribution in [0.5, 0.6) is 0 Å². The molecule has 1 aliphatic carbocycles. The normalized spacial score (nSPS) is 19.5. The maximum Gasteiger partial charge on any atom is 0.251 e. The van der Waals surface area contributed by atoms with Crippen molar-refractivity contribution < 1.29 is 9.18 Å². The van der Waals surface area contributed by atoms with Crippen LogP contribution in [0.15, 0.2) is 30.9 Å². The lowest BCUT2D eigenvalue weighted by molar-refractivity contribution is 0.0926.